The maximum absolute atomic E-state index is 11.9. The summed E-state index contributed by atoms with van der Waals surface area (Å²) in [4.78, 5) is 6.57. The van der Waals surface area contributed by atoms with Crippen molar-refractivity contribution in [1.82, 2.24) is 14.9 Å². The number of aromatic nitrogens is 2. The van der Waals surface area contributed by atoms with Gasteiger partial charge in [-0.2, -0.15) is 0 Å². The van der Waals surface area contributed by atoms with Crippen molar-refractivity contribution >= 4 is 38.7 Å². The molecule has 3 heterocycles. The first-order chi connectivity index (χ1) is 15.3. The van der Waals surface area contributed by atoms with Gasteiger partial charge in [-0.05, 0) is 61.6 Å². The first-order valence-corrected chi connectivity index (χ1v) is 12.4. The molecule has 0 saturated carbocycles. The van der Waals surface area contributed by atoms with E-state index in [0.717, 1.165) is 29.9 Å². The molecule has 1 aliphatic heterocycles. The summed E-state index contributed by atoms with van der Waals surface area (Å²) in [7, 11) is -2.00. The van der Waals surface area contributed by atoms with Crippen molar-refractivity contribution < 1.29 is 13.2 Å². The molecule has 2 N–H and O–H groups in total. The lowest BCUT2D eigenvalue weighted by Gasteiger charge is -2.29. The number of hydrogen-bond donors (Lipinski definition) is 2. The van der Waals surface area contributed by atoms with Gasteiger partial charge in [0, 0.05) is 30.3 Å². The Morgan fingerprint density at radius 1 is 1.22 bits per heavy atom. The first kappa shape index (κ1) is 22.1. The highest BCUT2D eigenvalue weighted by Crippen LogP contribution is 2.43. The van der Waals surface area contributed by atoms with Gasteiger partial charge >= 0.3 is 0 Å². The Balaban J connectivity index is 1.85. The summed E-state index contributed by atoms with van der Waals surface area (Å²) in [6.45, 7) is 2.89. The van der Waals surface area contributed by atoms with Crippen molar-refractivity contribution in [3.05, 3.63) is 72.3 Å². The number of nitrogens with one attached hydrogen (secondary N) is 2. The molecule has 0 radical (unpaired) electrons. The Hall–Kier alpha value is -3.11. The third kappa shape index (κ3) is 4.28. The lowest BCUT2D eigenvalue weighted by molar-refractivity contribution is 0.417. The molecule has 0 spiro atoms. The highest BCUT2D eigenvalue weighted by molar-refractivity contribution is 7.92. The number of hydrogen-bond acceptors (Lipinski definition) is 5. The number of nitrogens with zero attached hydrogens (tertiary/aromatic N) is 3. The van der Waals surface area contributed by atoms with E-state index in [1.807, 2.05) is 41.4 Å². The van der Waals surface area contributed by atoms with Crippen LogP contribution in [0.2, 0.25) is 0 Å². The molecule has 0 amide bonds. The fraction of sp³-hybridized carbons (Fsp3) is 0.273. The second-order valence-corrected chi connectivity index (χ2v) is 9.61. The summed E-state index contributed by atoms with van der Waals surface area (Å²) < 4.78 is 33.9. The SMILES string of the molecule is CCn1cccc1[C@H]1[C@H](c2ccccn2)NC(=S)N1c1ccc(OC)c(NS(C)(=O)=O)c1. The highest BCUT2D eigenvalue weighted by Gasteiger charge is 2.42. The average molecular weight is 472 g/mol. The number of ether oxygens (including phenoxy) is 1. The largest absolute Gasteiger partial charge is 0.495 e. The number of anilines is 2. The molecule has 0 unspecified atom stereocenters. The predicted octanol–water partition coefficient (Wildman–Crippen LogP) is 3.46. The maximum atomic E-state index is 11.9. The van der Waals surface area contributed by atoms with Crippen LogP contribution in [-0.2, 0) is 16.6 Å². The monoisotopic (exact) mass is 471 g/mol. The molecule has 32 heavy (non-hydrogen) atoms. The summed E-state index contributed by atoms with van der Waals surface area (Å²) in [5.74, 6) is 0.423. The smallest absolute Gasteiger partial charge is 0.229 e. The van der Waals surface area contributed by atoms with E-state index in [4.69, 9.17) is 17.0 Å². The van der Waals surface area contributed by atoms with Gasteiger partial charge in [0.05, 0.1) is 30.8 Å². The van der Waals surface area contributed by atoms with E-state index < -0.39 is 10.0 Å². The third-order valence-corrected chi connectivity index (χ3v) is 6.27. The summed E-state index contributed by atoms with van der Waals surface area (Å²) in [6.07, 6.45) is 4.91. The van der Waals surface area contributed by atoms with Crippen molar-refractivity contribution in [2.75, 3.05) is 23.0 Å². The van der Waals surface area contributed by atoms with Crippen LogP contribution in [0.1, 0.15) is 30.4 Å². The molecule has 8 nitrogen and oxygen atoms in total. The van der Waals surface area contributed by atoms with E-state index >= 15 is 0 Å². The van der Waals surface area contributed by atoms with E-state index in [1.165, 1.54) is 7.11 Å². The van der Waals surface area contributed by atoms with Crippen LogP contribution in [0.25, 0.3) is 0 Å². The Kier molecular flexibility index (Phi) is 6.07. The van der Waals surface area contributed by atoms with E-state index in [9.17, 15) is 8.42 Å². The van der Waals surface area contributed by atoms with Crippen LogP contribution in [0.3, 0.4) is 0 Å². The molecule has 2 aromatic heterocycles. The van der Waals surface area contributed by atoms with E-state index in [1.54, 1.807) is 18.3 Å². The number of thiocarbonyl (C=S) groups is 1. The molecule has 3 aromatic rings. The fourth-order valence-corrected chi connectivity index (χ4v) is 4.95. The third-order valence-electron chi connectivity index (χ3n) is 5.36. The van der Waals surface area contributed by atoms with Crippen LogP contribution in [0.15, 0.2) is 60.9 Å². The molecular formula is C22H25N5O3S2. The quantitative estimate of drug-likeness (QED) is 0.510. The van der Waals surface area contributed by atoms with Gasteiger partial charge in [-0.15, -0.1) is 0 Å². The zero-order chi connectivity index (χ0) is 22.9. The molecule has 1 aromatic carbocycles. The molecule has 0 aliphatic carbocycles. The minimum absolute atomic E-state index is 0.183. The van der Waals surface area contributed by atoms with Gasteiger partial charge in [0.25, 0.3) is 0 Å². The van der Waals surface area contributed by atoms with E-state index in [2.05, 4.69) is 32.6 Å². The molecule has 1 fully saturated rings. The second kappa shape index (κ2) is 8.79. The number of rotatable bonds is 7. The minimum Gasteiger partial charge on any atom is -0.495 e. The Labute approximate surface area is 193 Å². The van der Waals surface area contributed by atoms with Gasteiger partial charge in [-0.3, -0.25) is 9.71 Å². The molecule has 168 valence electrons. The van der Waals surface area contributed by atoms with Gasteiger partial charge < -0.3 is 19.5 Å². The molecule has 1 saturated heterocycles. The second-order valence-electron chi connectivity index (χ2n) is 7.47. The number of methoxy groups -OCH3 is 1. The minimum atomic E-state index is -3.50. The van der Waals surface area contributed by atoms with Gasteiger partial charge in [0.1, 0.15) is 11.8 Å². The Morgan fingerprint density at radius 2 is 2.03 bits per heavy atom. The number of aryl methyl sites for hydroxylation is 1. The van der Waals surface area contributed by atoms with Gasteiger partial charge in [-0.1, -0.05) is 6.07 Å². The van der Waals surface area contributed by atoms with Crippen molar-refractivity contribution in [2.45, 2.75) is 25.6 Å². The number of sulfonamides is 1. The lowest BCUT2D eigenvalue weighted by Crippen LogP contribution is -2.30. The van der Waals surface area contributed by atoms with E-state index in [-0.39, 0.29) is 12.1 Å². The average Bonchev–Trinajstić information content (AvgIpc) is 3.36. The zero-order valence-corrected chi connectivity index (χ0v) is 19.7. The summed E-state index contributed by atoms with van der Waals surface area (Å²) in [5, 5.41) is 3.95. The van der Waals surface area contributed by atoms with Crippen molar-refractivity contribution in [3.63, 3.8) is 0 Å². The van der Waals surface area contributed by atoms with E-state index in [0.29, 0.717) is 16.5 Å². The van der Waals surface area contributed by atoms with Crippen LogP contribution in [0.4, 0.5) is 11.4 Å². The predicted molar refractivity (Wildman–Crippen MR) is 129 cm³/mol. The Morgan fingerprint density at radius 3 is 2.69 bits per heavy atom. The topological polar surface area (TPSA) is 88.5 Å². The van der Waals surface area contributed by atoms with Crippen LogP contribution < -0.4 is 19.7 Å². The van der Waals surface area contributed by atoms with Crippen LogP contribution in [0.5, 0.6) is 5.75 Å². The summed E-state index contributed by atoms with van der Waals surface area (Å²) in [6, 6.07) is 14.9. The van der Waals surface area contributed by atoms with Crippen molar-refractivity contribution in [1.29, 1.82) is 0 Å². The number of pyridine rings is 1. The molecular weight excluding hydrogens is 446 g/mol. The van der Waals surface area contributed by atoms with Gasteiger partial charge in [-0.25, -0.2) is 8.42 Å². The van der Waals surface area contributed by atoms with Crippen LogP contribution in [-0.4, -0.2) is 36.4 Å². The lowest BCUT2D eigenvalue weighted by atomic mass is 10.0. The Bertz CT molecular complexity index is 1230. The zero-order valence-electron chi connectivity index (χ0n) is 18.0. The van der Waals surface area contributed by atoms with Crippen LogP contribution in [0, 0.1) is 0 Å². The molecule has 2 atom stereocenters. The molecule has 1 aliphatic rings. The fourth-order valence-electron chi connectivity index (χ4n) is 4.04. The van der Waals surface area contributed by atoms with Crippen molar-refractivity contribution in [3.8, 4) is 5.75 Å². The standard InChI is InChI=1S/C22H25N5O3S2/c1-4-26-13-7-9-18(26)21-20(16-8-5-6-12-23-16)24-22(31)27(21)15-10-11-19(30-2)17(14-15)25-32(3,28)29/h5-14,20-21,25H,4H2,1-3H3,(H,24,31)/t20-,21-/m0/s1. The van der Waals surface area contributed by atoms with Crippen LogP contribution >= 0.6 is 12.2 Å². The van der Waals surface area contributed by atoms with Gasteiger partial charge in [0.15, 0.2) is 5.11 Å². The van der Waals surface area contributed by atoms with Crippen molar-refractivity contribution in [2.24, 2.45) is 0 Å². The number of benzene rings is 1. The summed E-state index contributed by atoms with van der Waals surface area (Å²) >= 11 is 5.75. The van der Waals surface area contributed by atoms with Gasteiger partial charge in [0.2, 0.25) is 10.0 Å². The molecule has 4 rings (SSSR count). The highest BCUT2D eigenvalue weighted by atomic mass is 32.2. The normalized spacial score (nSPS) is 18.5. The molecule has 0 bridgehead atoms. The summed E-state index contributed by atoms with van der Waals surface area (Å²) in [5.41, 5.74) is 3.03. The maximum Gasteiger partial charge on any atom is 0.229 e. The first-order valence-electron chi connectivity index (χ1n) is 10.1. The molecule has 10 heteroatoms.